The van der Waals surface area contributed by atoms with Crippen molar-refractivity contribution in [3.8, 4) is 0 Å². The van der Waals surface area contributed by atoms with Crippen LogP contribution in [0.5, 0.6) is 0 Å². The second-order valence-corrected chi connectivity index (χ2v) is 6.56. The molecule has 2 unspecified atom stereocenters. The third-order valence-corrected chi connectivity index (χ3v) is 4.64. The summed E-state index contributed by atoms with van der Waals surface area (Å²) in [5.74, 6) is 0.129. The fourth-order valence-corrected chi connectivity index (χ4v) is 3.16. The normalized spacial score (nSPS) is 26.0. The first-order valence-corrected chi connectivity index (χ1v) is 7.77. The van der Waals surface area contributed by atoms with Crippen molar-refractivity contribution in [3.05, 3.63) is 33.8 Å². The number of nitrogens with zero attached hydrogens (tertiary/aromatic N) is 1. The van der Waals surface area contributed by atoms with E-state index in [4.69, 9.17) is 23.2 Å². The maximum atomic E-state index is 12.4. The monoisotopic (exact) mass is 326 g/mol. The summed E-state index contributed by atoms with van der Waals surface area (Å²) >= 11 is 12.2. The van der Waals surface area contributed by atoms with Gasteiger partial charge in [-0.25, -0.2) is 0 Å². The molecule has 1 heterocycles. The zero-order valence-electron chi connectivity index (χ0n) is 11.6. The van der Waals surface area contributed by atoms with Gasteiger partial charge in [-0.2, -0.15) is 0 Å². The van der Waals surface area contributed by atoms with Gasteiger partial charge < -0.3 is 10.2 Å². The molecule has 0 bridgehead atoms. The van der Waals surface area contributed by atoms with Crippen LogP contribution in [-0.2, 0) is 16.1 Å². The smallest absolute Gasteiger partial charge is 0.245 e. The third kappa shape index (κ3) is 2.87. The molecule has 1 saturated heterocycles. The average Bonchev–Trinajstić information content (AvgIpc) is 3.24. The fraction of sp³-hybridized carbons (Fsp3) is 0.467. The molecule has 3 rings (SSSR count). The van der Waals surface area contributed by atoms with Crippen LogP contribution in [0.2, 0.25) is 10.0 Å². The molecule has 112 valence electrons. The highest BCUT2D eigenvalue weighted by atomic mass is 35.5. The molecule has 0 aromatic heterocycles. The number of piperazine rings is 1. The van der Waals surface area contributed by atoms with E-state index in [1.54, 1.807) is 30.0 Å². The molecule has 0 spiro atoms. The summed E-state index contributed by atoms with van der Waals surface area (Å²) < 4.78 is 0. The van der Waals surface area contributed by atoms with E-state index in [0.29, 0.717) is 16.6 Å². The molecule has 1 aliphatic heterocycles. The van der Waals surface area contributed by atoms with Crippen molar-refractivity contribution in [2.24, 2.45) is 5.92 Å². The van der Waals surface area contributed by atoms with E-state index in [0.717, 1.165) is 18.4 Å². The zero-order chi connectivity index (χ0) is 15.1. The van der Waals surface area contributed by atoms with Crippen LogP contribution in [0.3, 0.4) is 0 Å². The Labute approximate surface area is 133 Å². The second-order valence-electron chi connectivity index (χ2n) is 5.71. The lowest BCUT2D eigenvalue weighted by molar-refractivity contribution is -0.150. The van der Waals surface area contributed by atoms with Crippen LogP contribution in [0, 0.1) is 5.92 Å². The predicted octanol–water partition coefficient (Wildman–Crippen LogP) is 2.62. The molecule has 6 heteroatoms. The molecular formula is C15H16Cl2N2O2. The lowest BCUT2D eigenvalue weighted by Gasteiger charge is -2.38. The van der Waals surface area contributed by atoms with Crippen molar-refractivity contribution >= 4 is 35.0 Å². The average molecular weight is 327 g/mol. The van der Waals surface area contributed by atoms with E-state index >= 15 is 0 Å². The fourth-order valence-electron chi connectivity index (χ4n) is 2.79. The van der Waals surface area contributed by atoms with Gasteiger partial charge in [0.25, 0.3) is 0 Å². The Kier molecular flexibility index (Phi) is 3.84. The van der Waals surface area contributed by atoms with Crippen molar-refractivity contribution in [1.82, 2.24) is 10.2 Å². The summed E-state index contributed by atoms with van der Waals surface area (Å²) in [4.78, 5) is 26.3. The molecule has 1 saturated carbocycles. The summed E-state index contributed by atoms with van der Waals surface area (Å²) in [6, 6.07) is 4.29. The molecule has 2 atom stereocenters. The number of rotatable bonds is 3. The van der Waals surface area contributed by atoms with Crippen molar-refractivity contribution in [3.63, 3.8) is 0 Å². The number of carbonyl (C=O) groups is 2. The van der Waals surface area contributed by atoms with Gasteiger partial charge in [0, 0.05) is 16.6 Å². The Morgan fingerprint density at radius 1 is 1.29 bits per heavy atom. The first kappa shape index (κ1) is 14.7. The van der Waals surface area contributed by atoms with Crippen molar-refractivity contribution < 1.29 is 9.59 Å². The maximum Gasteiger partial charge on any atom is 0.245 e. The van der Waals surface area contributed by atoms with Gasteiger partial charge in [0.15, 0.2) is 0 Å². The van der Waals surface area contributed by atoms with Crippen LogP contribution in [-0.4, -0.2) is 28.8 Å². The van der Waals surface area contributed by atoms with Gasteiger partial charge in [0.1, 0.15) is 12.1 Å². The summed E-state index contributed by atoms with van der Waals surface area (Å²) in [6.45, 7) is 2.02. The van der Waals surface area contributed by atoms with Gasteiger partial charge in [-0.15, -0.1) is 0 Å². The topological polar surface area (TPSA) is 49.4 Å². The lowest BCUT2D eigenvalue weighted by Crippen LogP contribution is -2.62. The van der Waals surface area contributed by atoms with Crippen LogP contribution < -0.4 is 5.32 Å². The molecule has 21 heavy (non-hydrogen) atoms. The molecule has 1 aromatic rings. The molecule has 0 radical (unpaired) electrons. The second kappa shape index (κ2) is 5.50. The first-order chi connectivity index (χ1) is 9.97. The number of hydrogen-bond donors (Lipinski definition) is 1. The molecule has 1 N–H and O–H groups in total. The molecule has 1 aliphatic carbocycles. The van der Waals surface area contributed by atoms with Gasteiger partial charge in [0.2, 0.25) is 11.8 Å². The van der Waals surface area contributed by atoms with Gasteiger partial charge >= 0.3 is 0 Å². The highest BCUT2D eigenvalue weighted by Crippen LogP contribution is 2.38. The molecule has 2 aliphatic rings. The van der Waals surface area contributed by atoms with Gasteiger partial charge in [-0.05, 0) is 49.4 Å². The summed E-state index contributed by atoms with van der Waals surface area (Å²) in [6.07, 6.45) is 1.97. The van der Waals surface area contributed by atoms with Crippen LogP contribution >= 0.6 is 23.2 Å². The van der Waals surface area contributed by atoms with E-state index in [1.165, 1.54) is 0 Å². The van der Waals surface area contributed by atoms with Crippen molar-refractivity contribution in [2.45, 2.75) is 38.4 Å². The Balaban J connectivity index is 1.90. The third-order valence-electron chi connectivity index (χ3n) is 4.03. The standard InChI is InChI=1S/C15H16Cl2N2O2/c1-8-15(21)19(13(9-2-3-9)14(20)18-8)7-10-6-11(16)4-5-12(10)17/h4-6,8-9,13H,2-3,7H2,1H3,(H,18,20). The summed E-state index contributed by atoms with van der Waals surface area (Å²) in [5.41, 5.74) is 0.769. The van der Waals surface area contributed by atoms with Crippen LogP contribution in [0.1, 0.15) is 25.3 Å². The van der Waals surface area contributed by atoms with Gasteiger partial charge in [-0.3, -0.25) is 9.59 Å². The van der Waals surface area contributed by atoms with E-state index < -0.39 is 6.04 Å². The number of benzene rings is 1. The Morgan fingerprint density at radius 2 is 2.00 bits per heavy atom. The highest BCUT2D eigenvalue weighted by molar-refractivity contribution is 6.33. The Bertz CT molecular complexity index is 601. The summed E-state index contributed by atoms with van der Waals surface area (Å²) in [5, 5.41) is 3.88. The minimum atomic E-state index is -0.495. The zero-order valence-corrected chi connectivity index (χ0v) is 13.1. The van der Waals surface area contributed by atoms with Gasteiger partial charge in [-0.1, -0.05) is 23.2 Å². The first-order valence-electron chi connectivity index (χ1n) is 7.02. The number of amides is 2. The molecule has 2 fully saturated rings. The van der Waals surface area contributed by atoms with Crippen LogP contribution in [0.4, 0.5) is 0 Å². The minimum Gasteiger partial charge on any atom is -0.343 e. The predicted molar refractivity (Wildman–Crippen MR) is 81.1 cm³/mol. The Hall–Kier alpha value is -1.26. The van der Waals surface area contributed by atoms with E-state index in [-0.39, 0.29) is 23.8 Å². The quantitative estimate of drug-likeness (QED) is 0.928. The van der Waals surface area contributed by atoms with Crippen molar-refractivity contribution in [1.29, 1.82) is 0 Å². The molecule has 2 amide bonds. The lowest BCUT2D eigenvalue weighted by atomic mass is 10.0. The van der Waals surface area contributed by atoms with Gasteiger partial charge in [0.05, 0.1) is 0 Å². The van der Waals surface area contributed by atoms with E-state index in [9.17, 15) is 9.59 Å². The Morgan fingerprint density at radius 3 is 2.67 bits per heavy atom. The molecular weight excluding hydrogens is 311 g/mol. The maximum absolute atomic E-state index is 12.4. The van der Waals surface area contributed by atoms with Crippen molar-refractivity contribution in [2.75, 3.05) is 0 Å². The van der Waals surface area contributed by atoms with E-state index in [2.05, 4.69) is 5.32 Å². The van der Waals surface area contributed by atoms with Crippen LogP contribution in [0.15, 0.2) is 18.2 Å². The number of hydrogen-bond acceptors (Lipinski definition) is 2. The molecule has 4 nitrogen and oxygen atoms in total. The highest BCUT2D eigenvalue weighted by Gasteiger charge is 2.46. The molecule has 1 aromatic carbocycles. The number of carbonyl (C=O) groups excluding carboxylic acids is 2. The number of nitrogens with one attached hydrogen (secondary N) is 1. The summed E-state index contributed by atoms with van der Waals surface area (Å²) in [7, 11) is 0. The minimum absolute atomic E-state index is 0.0669. The SMILES string of the molecule is CC1NC(=O)C(C2CC2)N(Cc2cc(Cl)ccc2Cl)C1=O. The van der Waals surface area contributed by atoms with E-state index in [1.807, 2.05) is 0 Å². The number of halogens is 2. The van der Waals surface area contributed by atoms with Crippen LogP contribution in [0.25, 0.3) is 0 Å². The largest absolute Gasteiger partial charge is 0.343 e.